The zero-order valence-corrected chi connectivity index (χ0v) is 16.2. The smallest absolute Gasteiger partial charge is 0.410 e. The van der Waals surface area contributed by atoms with Gasteiger partial charge in [0.15, 0.2) is 0 Å². The van der Waals surface area contributed by atoms with Crippen LogP contribution in [0.5, 0.6) is 0 Å². The topological polar surface area (TPSA) is 53.3 Å². The number of rotatable bonds is 3. The minimum absolute atomic E-state index is 0.000168. The van der Waals surface area contributed by atoms with E-state index in [0.29, 0.717) is 13.1 Å². The Morgan fingerprint density at radius 2 is 1.56 bits per heavy atom. The minimum atomic E-state index is -0.792. The maximum atomic E-state index is 12.5. The summed E-state index contributed by atoms with van der Waals surface area (Å²) < 4.78 is 5.53. The van der Waals surface area contributed by atoms with E-state index in [1.165, 1.54) is 0 Å². The Bertz CT molecular complexity index is 779. The molecule has 1 atom stereocenters. The number of carbonyl (C=O) groups is 1. The average molecular weight is 362 g/mol. The molecule has 1 aliphatic rings. The molecule has 0 spiro atoms. The summed E-state index contributed by atoms with van der Waals surface area (Å²) in [6, 6.07) is 22.4. The molecule has 0 N–H and O–H groups in total. The maximum Gasteiger partial charge on any atom is 0.410 e. The lowest BCUT2D eigenvalue weighted by Gasteiger charge is -2.34. The molecule has 2 aromatic rings. The van der Waals surface area contributed by atoms with E-state index in [-0.39, 0.29) is 12.0 Å². The maximum absolute atomic E-state index is 12.5. The summed E-state index contributed by atoms with van der Waals surface area (Å²) in [5.41, 5.74) is 0.615. The number of carbonyl (C=O) groups excluding carboxylic acids is 1. The molecule has 0 saturated carbocycles. The third kappa shape index (κ3) is 3.83. The van der Waals surface area contributed by atoms with E-state index in [1.807, 2.05) is 81.4 Å². The highest BCUT2D eigenvalue weighted by Gasteiger charge is 2.46. The van der Waals surface area contributed by atoms with Gasteiger partial charge in [-0.1, -0.05) is 60.7 Å². The summed E-state index contributed by atoms with van der Waals surface area (Å²) in [4.78, 5) is 14.2. The molecule has 1 amide bonds. The van der Waals surface area contributed by atoms with E-state index in [4.69, 9.17) is 4.74 Å². The SMILES string of the molecule is CC(C)(C)OC(=O)N1CCC(C(C#N)(c2ccccc2)c2ccccc2)C1. The predicted octanol–water partition coefficient (Wildman–Crippen LogP) is 4.75. The summed E-state index contributed by atoms with van der Waals surface area (Å²) in [5.74, 6) is -0.000168. The second-order valence-electron chi connectivity index (χ2n) is 8.06. The first kappa shape index (κ1) is 19.0. The van der Waals surface area contributed by atoms with E-state index in [1.54, 1.807) is 4.90 Å². The first-order valence-electron chi connectivity index (χ1n) is 9.37. The van der Waals surface area contributed by atoms with Gasteiger partial charge in [-0.2, -0.15) is 5.26 Å². The molecule has 27 heavy (non-hydrogen) atoms. The average Bonchev–Trinajstić information content (AvgIpc) is 3.14. The molecule has 1 fully saturated rings. The highest BCUT2D eigenvalue weighted by atomic mass is 16.6. The molecule has 4 nitrogen and oxygen atoms in total. The molecular weight excluding hydrogens is 336 g/mol. The van der Waals surface area contributed by atoms with Crippen LogP contribution >= 0.6 is 0 Å². The predicted molar refractivity (Wildman–Crippen MR) is 105 cm³/mol. The molecule has 1 aliphatic heterocycles. The Balaban J connectivity index is 1.96. The van der Waals surface area contributed by atoms with Crippen molar-refractivity contribution < 1.29 is 9.53 Å². The van der Waals surface area contributed by atoms with Crippen LogP contribution in [0.1, 0.15) is 38.3 Å². The molecule has 0 bridgehead atoms. The second-order valence-corrected chi connectivity index (χ2v) is 8.06. The van der Waals surface area contributed by atoms with Crippen molar-refractivity contribution in [3.05, 3.63) is 71.8 Å². The molecule has 3 rings (SSSR count). The van der Waals surface area contributed by atoms with E-state index in [0.717, 1.165) is 17.5 Å². The Morgan fingerprint density at radius 1 is 1.04 bits per heavy atom. The molecule has 0 aromatic heterocycles. The third-order valence-electron chi connectivity index (χ3n) is 5.09. The van der Waals surface area contributed by atoms with E-state index < -0.39 is 11.0 Å². The van der Waals surface area contributed by atoms with Gasteiger partial charge in [0, 0.05) is 19.0 Å². The van der Waals surface area contributed by atoms with Crippen LogP contribution in [0.3, 0.4) is 0 Å². The Morgan fingerprint density at radius 3 is 2.00 bits per heavy atom. The fourth-order valence-electron chi connectivity index (χ4n) is 3.87. The fraction of sp³-hybridized carbons (Fsp3) is 0.391. The summed E-state index contributed by atoms with van der Waals surface area (Å²) >= 11 is 0. The largest absolute Gasteiger partial charge is 0.444 e. The zero-order chi connectivity index (χ0) is 19.5. The van der Waals surface area contributed by atoms with Gasteiger partial charge in [0.25, 0.3) is 0 Å². The fourth-order valence-corrected chi connectivity index (χ4v) is 3.87. The van der Waals surface area contributed by atoms with Crippen molar-refractivity contribution in [3.8, 4) is 6.07 Å². The molecule has 4 heteroatoms. The van der Waals surface area contributed by atoms with Crippen LogP contribution in [-0.4, -0.2) is 29.7 Å². The minimum Gasteiger partial charge on any atom is -0.444 e. The van der Waals surface area contributed by atoms with Gasteiger partial charge in [-0.25, -0.2) is 4.79 Å². The second kappa shape index (κ2) is 7.44. The molecule has 1 saturated heterocycles. The standard InChI is InChI=1S/C23H26N2O2/c1-22(2,3)27-21(26)25-15-14-20(16-25)23(17-24,18-10-6-4-7-11-18)19-12-8-5-9-13-19/h4-13,20H,14-16H2,1-3H3. The highest BCUT2D eigenvalue weighted by molar-refractivity contribution is 5.68. The number of nitriles is 1. The van der Waals surface area contributed by atoms with Crippen LogP contribution in [0.4, 0.5) is 4.79 Å². The molecule has 1 unspecified atom stereocenters. The summed E-state index contributed by atoms with van der Waals surface area (Å²) in [6.45, 7) is 6.71. The van der Waals surface area contributed by atoms with Crippen LogP contribution in [-0.2, 0) is 10.2 Å². The van der Waals surface area contributed by atoms with Crippen LogP contribution in [0.15, 0.2) is 60.7 Å². The van der Waals surface area contributed by atoms with Gasteiger partial charge in [-0.15, -0.1) is 0 Å². The molecule has 140 valence electrons. The normalized spacial score (nSPS) is 17.4. The first-order chi connectivity index (χ1) is 12.9. The number of benzene rings is 2. The van der Waals surface area contributed by atoms with Gasteiger partial charge < -0.3 is 9.64 Å². The van der Waals surface area contributed by atoms with Gasteiger partial charge >= 0.3 is 6.09 Å². The Hall–Kier alpha value is -2.80. The Labute approximate surface area is 161 Å². The number of likely N-dealkylation sites (tertiary alicyclic amines) is 1. The van der Waals surface area contributed by atoms with Crippen molar-refractivity contribution in [3.63, 3.8) is 0 Å². The van der Waals surface area contributed by atoms with Crippen molar-refractivity contribution in [2.45, 2.75) is 38.2 Å². The Kier molecular flexibility index (Phi) is 5.23. The van der Waals surface area contributed by atoms with Gasteiger partial charge in [0.1, 0.15) is 11.0 Å². The molecule has 0 radical (unpaired) electrons. The van der Waals surface area contributed by atoms with Crippen LogP contribution in [0, 0.1) is 17.2 Å². The van der Waals surface area contributed by atoms with Gasteiger partial charge in [-0.05, 0) is 38.3 Å². The van der Waals surface area contributed by atoms with Crippen molar-refractivity contribution in [2.24, 2.45) is 5.92 Å². The van der Waals surface area contributed by atoms with Crippen molar-refractivity contribution >= 4 is 6.09 Å². The van der Waals surface area contributed by atoms with E-state index in [2.05, 4.69) is 6.07 Å². The van der Waals surface area contributed by atoms with Gasteiger partial charge in [0.05, 0.1) is 6.07 Å². The lowest BCUT2D eigenvalue weighted by Crippen LogP contribution is -2.39. The van der Waals surface area contributed by atoms with Crippen LogP contribution in [0.2, 0.25) is 0 Å². The number of amides is 1. The lowest BCUT2D eigenvalue weighted by molar-refractivity contribution is 0.0285. The summed E-state index contributed by atoms with van der Waals surface area (Å²) in [7, 11) is 0. The number of hydrogen-bond acceptors (Lipinski definition) is 3. The number of ether oxygens (including phenoxy) is 1. The monoisotopic (exact) mass is 362 g/mol. The van der Waals surface area contributed by atoms with Gasteiger partial charge in [0.2, 0.25) is 0 Å². The van der Waals surface area contributed by atoms with E-state index >= 15 is 0 Å². The molecular formula is C23H26N2O2. The van der Waals surface area contributed by atoms with Gasteiger partial charge in [-0.3, -0.25) is 0 Å². The number of hydrogen-bond donors (Lipinski definition) is 0. The molecule has 0 aliphatic carbocycles. The first-order valence-corrected chi connectivity index (χ1v) is 9.37. The highest BCUT2D eigenvalue weighted by Crippen LogP contribution is 2.43. The van der Waals surface area contributed by atoms with Crippen LogP contribution < -0.4 is 0 Å². The quantitative estimate of drug-likeness (QED) is 0.791. The summed E-state index contributed by atoms with van der Waals surface area (Å²) in [5, 5.41) is 10.4. The van der Waals surface area contributed by atoms with Crippen molar-refractivity contribution in [1.29, 1.82) is 5.26 Å². The van der Waals surface area contributed by atoms with Crippen LogP contribution in [0.25, 0.3) is 0 Å². The zero-order valence-electron chi connectivity index (χ0n) is 16.2. The van der Waals surface area contributed by atoms with E-state index in [9.17, 15) is 10.1 Å². The number of nitrogens with zero attached hydrogens (tertiary/aromatic N) is 2. The van der Waals surface area contributed by atoms with Crippen molar-refractivity contribution in [2.75, 3.05) is 13.1 Å². The third-order valence-corrected chi connectivity index (χ3v) is 5.09. The molecule has 2 aromatic carbocycles. The summed E-state index contributed by atoms with van der Waals surface area (Å²) in [6.07, 6.45) is 0.453. The van der Waals surface area contributed by atoms with Crippen molar-refractivity contribution in [1.82, 2.24) is 4.90 Å². The molecule has 1 heterocycles. The lowest BCUT2D eigenvalue weighted by atomic mass is 9.66.